The number of carbonyl (C=O) groups excluding carboxylic acids is 11. The molecule has 5 fully saturated rings. The molecule has 22 atom stereocenters. The van der Waals surface area contributed by atoms with Crippen molar-refractivity contribution in [3.8, 4) is 0 Å². The second-order valence-electron chi connectivity index (χ2n) is 31.2. The van der Waals surface area contributed by atoms with Crippen molar-refractivity contribution in [2.75, 3.05) is 126 Å². The Kier molecular flexibility index (Phi) is 52.2. The Morgan fingerprint density at radius 1 is 0.366 bits per heavy atom. The van der Waals surface area contributed by atoms with Crippen LogP contribution < -0.4 is 53.2 Å². The number of aliphatic hydroxyl groups is 10. The van der Waals surface area contributed by atoms with E-state index in [1.54, 1.807) is 12.0 Å². The summed E-state index contributed by atoms with van der Waals surface area (Å²) in [5.41, 5.74) is 0. The third-order valence-corrected chi connectivity index (χ3v) is 21.1. The van der Waals surface area contributed by atoms with Crippen LogP contribution in [0, 0.1) is 0 Å². The smallest absolute Gasteiger partial charge is 0.222 e. The molecule has 123 heavy (non-hydrogen) atoms. The summed E-state index contributed by atoms with van der Waals surface area (Å²) in [5.74, 6) is -4.41. The summed E-state index contributed by atoms with van der Waals surface area (Å²) in [7, 11) is 1.55. The van der Waals surface area contributed by atoms with Crippen molar-refractivity contribution in [3.05, 3.63) is 0 Å². The number of unbranched alkanes of at least 4 members (excludes halogenated alkanes) is 8. The van der Waals surface area contributed by atoms with Crippen LogP contribution in [0.3, 0.4) is 0 Å². The second kappa shape index (κ2) is 60.1. The molecule has 0 aromatic heterocycles. The summed E-state index contributed by atoms with van der Waals surface area (Å²) in [6.07, 6.45) is -17.0. The maximum absolute atomic E-state index is 17.3. The number of methoxy groups -OCH3 is 1. The highest BCUT2D eigenvalue weighted by atomic mass is 19.1. The number of rotatable bonds is 61. The molecule has 0 bridgehead atoms. The molecule has 5 saturated heterocycles. The molecule has 0 aromatic carbocycles. The van der Waals surface area contributed by atoms with Crippen LogP contribution in [-0.2, 0) is 105 Å². The number of likely N-dealkylation sites (tertiary alicyclic amines) is 1. The van der Waals surface area contributed by atoms with E-state index in [1.165, 1.54) is 20.8 Å². The number of alkyl halides is 1. The maximum Gasteiger partial charge on any atom is 0.222 e. The van der Waals surface area contributed by atoms with Crippen molar-refractivity contribution in [1.29, 1.82) is 0 Å². The largest absolute Gasteiger partial charge is 0.394 e. The van der Waals surface area contributed by atoms with E-state index >= 15 is 4.39 Å². The maximum atomic E-state index is 17.3. The van der Waals surface area contributed by atoms with Gasteiger partial charge in [-0.3, -0.25) is 52.7 Å². The first-order valence-electron chi connectivity index (χ1n) is 43.0. The Morgan fingerprint density at radius 2 is 0.707 bits per heavy atom. The van der Waals surface area contributed by atoms with Gasteiger partial charge in [-0.2, -0.15) is 0 Å². The van der Waals surface area contributed by atoms with Gasteiger partial charge in [0.05, 0.1) is 65.0 Å². The number of halogens is 1. The molecule has 0 spiro atoms. The molecule has 20 N–H and O–H groups in total. The van der Waals surface area contributed by atoms with Crippen molar-refractivity contribution in [2.24, 2.45) is 0 Å². The lowest BCUT2D eigenvalue weighted by Crippen LogP contribution is -2.64. The van der Waals surface area contributed by atoms with Crippen LogP contribution in [0.2, 0.25) is 0 Å². The molecule has 5 rings (SSSR count). The Balaban J connectivity index is 1.14. The third-order valence-electron chi connectivity index (χ3n) is 21.1. The number of amides is 11. The molecule has 0 radical (unpaired) electrons. The van der Waals surface area contributed by atoms with E-state index in [2.05, 4.69) is 53.2 Å². The topological polar surface area (TPSA) is 615 Å². The third kappa shape index (κ3) is 40.0. The van der Waals surface area contributed by atoms with Crippen LogP contribution in [-0.4, -0.2) is 381 Å². The van der Waals surface area contributed by atoms with Crippen LogP contribution in [0.4, 0.5) is 4.39 Å². The number of carbonyl (C=O) groups is 11. The number of β-amino-alcohol motifs (C(OH)–C–C–N with tert-alkyl or cyclic N) is 1. The lowest BCUT2D eigenvalue weighted by atomic mass is 9.97. The molecule has 43 nitrogen and oxygen atoms in total. The Bertz CT molecular complexity index is 3140. The Hall–Kier alpha value is -6.74. The fraction of sp³-hybridized carbons (Fsp3) is 0.861. The SMILES string of the molecule is COC[C@@H]1C[C@@H](O)CN1C(=O)CCCCCCCCC(=O)N[C@@H]1O[C@H](COCCC(=O)NCCCNC(=O)CCCCO[C@@H]2O[C@H](CO)[C@H](O)[C@H](O)[C@H]2NC(C)=O)[C@@H](OCCC(=O)NCCCNC(=O)CCCCO[C@@H]2O[C@H](CO)[C@H](O)[C@H](O)[C@H]2NC(C)=O)[C@H](OCCC(=O)NCCCNC(=O)CCCCO[C@@H]2O[C@H](CO)[C@H](O)[C@H](O)[C@H]2NC(C)=O)[C@H]1F. The lowest BCUT2D eigenvalue weighted by Gasteiger charge is -2.43. The first-order chi connectivity index (χ1) is 59.0. The van der Waals surface area contributed by atoms with E-state index < -0.39 is 190 Å². The van der Waals surface area contributed by atoms with Gasteiger partial charge >= 0.3 is 0 Å². The average Bonchev–Trinajstić information content (AvgIpc) is 1.54. The van der Waals surface area contributed by atoms with Gasteiger partial charge in [0.25, 0.3) is 0 Å². The zero-order valence-electron chi connectivity index (χ0n) is 71.2. The van der Waals surface area contributed by atoms with Gasteiger partial charge in [-0.25, -0.2) is 4.39 Å². The standard InChI is InChI=1S/C79H138FN11O32/c1-47(95)87-65-71(110)68(107)52(42-92)121-77(65)117-34-14-11-20-56(99)81-28-17-31-84-59(102)25-37-114-46-55-74(115-38-26-60(103)85-32-18-29-82-57(100)21-12-15-35-118-78-66(88-48(2)96)72(111)69(108)53(43-93)122-78)75(64(80)76(120-55)90-62(105)23-9-7-5-6-8-10-24-63(106)91-41-51(98)40-50(91)45-113-4)116-39-27-61(104)86-33-19-30-83-58(101)22-13-16-36-119-79-67(89-49(3)97)73(112)70(109)54(44-94)123-79/h50-55,64-79,92-94,98,107-112H,5-46H2,1-4H3,(H,81,99)(H,82,100)(H,83,101)(H,84,102)(H,85,103)(H,86,104)(H,87,95)(H,88,96)(H,89,97)(H,90,105)/t50-,51+,52+,53+,54+,55+,64+,65+,66+,67+,68-,69-,70-,71+,72+,73+,74+,75+,76+,77+,78+,79+/m0/s1. The van der Waals surface area contributed by atoms with Gasteiger partial charge in [0.1, 0.15) is 91.4 Å². The summed E-state index contributed by atoms with van der Waals surface area (Å²) < 4.78 is 80.9. The molecule has 44 heteroatoms. The first kappa shape index (κ1) is 107. The fourth-order valence-electron chi connectivity index (χ4n) is 14.4. The predicted octanol–water partition coefficient (Wildman–Crippen LogP) is -5.89. The summed E-state index contributed by atoms with van der Waals surface area (Å²) in [4.78, 5) is 141. The van der Waals surface area contributed by atoms with E-state index in [4.69, 9.17) is 52.1 Å². The minimum absolute atomic E-state index is 0.0228. The zero-order valence-corrected chi connectivity index (χ0v) is 71.2. The van der Waals surface area contributed by atoms with Crippen molar-refractivity contribution in [1.82, 2.24) is 58.1 Å². The molecular weight excluding hydrogens is 1630 g/mol. The fourth-order valence-corrected chi connectivity index (χ4v) is 14.4. The van der Waals surface area contributed by atoms with Crippen molar-refractivity contribution < 1.29 is 160 Å². The van der Waals surface area contributed by atoms with Crippen LogP contribution in [0.25, 0.3) is 0 Å². The number of nitrogens with one attached hydrogen (secondary N) is 10. The molecule has 0 saturated carbocycles. The van der Waals surface area contributed by atoms with Crippen LogP contribution in [0.5, 0.6) is 0 Å². The Morgan fingerprint density at radius 3 is 1.08 bits per heavy atom. The second-order valence-corrected chi connectivity index (χ2v) is 31.2. The monoisotopic (exact) mass is 1770 g/mol. The van der Waals surface area contributed by atoms with E-state index in [0.29, 0.717) is 96.5 Å². The number of hydrogen-bond acceptors (Lipinski definition) is 32. The molecule has 5 aliphatic heterocycles. The number of hydrogen-bond donors (Lipinski definition) is 20. The van der Waals surface area contributed by atoms with Crippen LogP contribution in [0.1, 0.15) is 175 Å². The van der Waals surface area contributed by atoms with Gasteiger partial charge in [-0.15, -0.1) is 0 Å². The van der Waals surface area contributed by atoms with Crippen molar-refractivity contribution in [3.63, 3.8) is 0 Å². The predicted molar refractivity (Wildman–Crippen MR) is 428 cm³/mol. The molecule has 5 aliphatic rings. The van der Waals surface area contributed by atoms with Crippen LogP contribution >= 0.6 is 0 Å². The van der Waals surface area contributed by atoms with Gasteiger partial charge < -0.3 is 161 Å². The molecule has 708 valence electrons. The summed E-state index contributed by atoms with van der Waals surface area (Å²) in [6, 6.07) is -3.53. The summed E-state index contributed by atoms with van der Waals surface area (Å²) in [5, 5.41) is 128. The van der Waals surface area contributed by atoms with E-state index in [-0.39, 0.29) is 167 Å². The highest BCUT2D eigenvalue weighted by molar-refractivity contribution is 5.79. The van der Waals surface area contributed by atoms with Gasteiger partial charge in [-0.05, 0) is 77.0 Å². The minimum Gasteiger partial charge on any atom is -0.394 e. The molecular formula is C79H138FN11O32. The number of nitrogens with zero attached hydrogens (tertiary/aromatic N) is 1. The molecule has 0 aromatic rings. The first-order valence-corrected chi connectivity index (χ1v) is 43.0. The van der Waals surface area contributed by atoms with Crippen molar-refractivity contribution >= 4 is 65.0 Å². The van der Waals surface area contributed by atoms with Gasteiger partial charge in [0.15, 0.2) is 31.3 Å². The number of ether oxygens (including phenoxy) is 11. The summed E-state index contributed by atoms with van der Waals surface area (Å²) >= 11 is 0. The van der Waals surface area contributed by atoms with E-state index in [9.17, 15) is 104 Å². The number of aliphatic hydroxyl groups excluding tert-OH is 10. The van der Waals surface area contributed by atoms with Gasteiger partial charge in [0, 0.05) is 145 Å². The van der Waals surface area contributed by atoms with E-state index in [1.807, 2.05) is 0 Å². The van der Waals surface area contributed by atoms with Crippen LogP contribution in [0.15, 0.2) is 0 Å². The molecule has 0 unspecified atom stereocenters. The highest BCUT2D eigenvalue weighted by Gasteiger charge is 2.51. The zero-order chi connectivity index (χ0) is 90.2. The van der Waals surface area contributed by atoms with Gasteiger partial charge in [-0.1, -0.05) is 25.7 Å². The highest BCUT2D eigenvalue weighted by Crippen LogP contribution is 2.31. The lowest BCUT2D eigenvalue weighted by molar-refractivity contribution is -0.270. The minimum atomic E-state index is -2.15. The molecule has 5 heterocycles. The van der Waals surface area contributed by atoms with Gasteiger partial charge in [0.2, 0.25) is 65.0 Å². The normalized spacial score (nSPS) is 28.2. The average molecular weight is 1770 g/mol. The molecule has 11 amide bonds. The molecule has 0 aliphatic carbocycles. The van der Waals surface area contributed by atoms with E-state index in [0.717, 1.165) is 19.3 Å². The quantitative estimate of drug-likeness (QED) is 0.0252. The Labute approximate surface area is 716 Å². The summed E-state index contributed by atoms with van der Waals surface area (Å²) in [6.45, 7) is 2.27. The van der Waals surface area contributed by atoms with Crippen molar-refractivity contribution in [2.45, 2.75) is 310 Å².